The van der Waals surface area contributed by atoms with Crippen molar-refractivity contribution in [2.45, 2.75) is 27.3 Å². The number of para-hydroxylation sites is 1. The lowest BCUT2D eigenvalue weighted by molar-refractivity contribution is -0.159. The Bertz CT molecular complexity index is 993. The number of carbonyl (C=O) groups excluding carboxylic acids is 1. The second kappa shape index (κ2) is 11.8. The number of aromatic nitrogens is 1. The number of nitrogens with one attached hydrogen (secondary N) is 1. The van der Waals surface area contributed by atoms with E-state index >= 15 is 0 Å². The quantitative estimate of drug-likeness (QED) is 0.525. The zero-order valence-electron chi connectivity index (χ0n) is 18.1. The molecule has 174 valence electrons. The van der Waals surface area contributed by atoms with Gasteiger partial charge in [-0.3, -0.25) is 14.5 Å². The number of nitrogens with zero attached hydrogens (tertiary/aromatic N) is 2. The topological polar surface area (TPSA) is 154 Å². The number of carbonyl (C=O) groups is 3. The molecule has 3 N–H and O–H groups in total. The summed E-state index contributed by atoms with van der Waals surface area (Å²) >= 11 is 0. The summed E-state index contributed by atoms with van der Waals surface area (Å²) in [4.78, 5) is 36.7. The van der Waals surface area contributed by atoms with E-state index in [9.17, 15) is 13.2 Å². The minimum Gasteiger partial charge on any atom is -0.473 e. The lowest BCUT2D eigenvalue weighted by atomic mass is 9.94. The number of sulfonamides is 1. The van der Waals surface area contributed by atoms with Gasteiger partial charge in [0.25, 0.3) is 0 Å². The van der Waals surface area contributed by atoms with Gasteiger partial charge >= 0.3 is 11.9 Å². The standard InChI is InChI=1S/C19H25N3O3S.C2H2O4/c1-19(2,3)18(23)22(15-17-11-7-8-12-20-17)13-14-26(24,25)21-16-9-5-4-6-10-16;3-1(4)2(5)6/h4-12,21H,13-15H2,1-3H3;(H,3,4)(H,5,6). The summed E-state index contributed by atoms with van der Waals surface area (Å²) in [5.41, 5.74) is 0.621. The number of benzene rings is 1. The van der Waals surface area contributed by atoms with Crippen molar-refractivity contribution < 1.29 is 33.0 Å². The molecule has 1 heterocycles. The highest BCUT2D eigenvalue weighted by Gasteiger charge is 2.28. The molecule has 0 atom stereocenters. The van der Waals surface area contributed by atoms with Crippen molar-refractivity contribution in [2.75, 3.05) is 17.0 Å². The summed E-state index contributed by atoms with van der Waals surface area (Å²) in [6.07, 6.45) is 1.66. The first kappa shape index (κ1) is 26.6. The third-order valence-electron chi connectivity index (χ3n) is 3.87. The summed E-state index contributed by atoms with van der Waals surface area (Å²) in [5.74, 6) is -3.95. The molecule has 0 fully saturated rings. The van der Waals surface area contributed by atoms with Gasteiger partial charge in [-0.15, -0.1) is 0 Å². The lowest BCUT2D eigenvalue weighted by Gasteiger charge is -2.29. The van der Waals surface area contributed by atoms with Gasteiger partial charge in [0.15, 0.2) is 0 Å². The first-order valence-electron chi connectivity index (χ1n) is 9.53. The van der Waals surface area contributed by atoms with E-state index < -0.39 is 27.4 Å². The fourth-order valence-corrected chi connectivity index (χ4v) is 3.44. The van der Waals surface area contributed by atoms with E-state index in [1.54, 1.807) is 41.4 Å². The van der Waals surface area contributed by atoms with Crippen LogP contribution < -0.4 is 4.72 Å². The highest BCUT2D eigenvalue weighted by molar-refractivity contribution is 7.92. The third-order valence-corrected chi connectivity index (χ3v) is 5.13. The molecule has 0 saturated heterocycles. The van der Waals surface area contributed by atoms with Crippen LogP contribution in [-0.2, 0) is 31.0 Å². The van der Waals surface area contributed by atoms with Crippen molar-refractivity contribution in [2.24, 2.45) is 5.41 Å². The van der Waals surface area contributed by atoms with Crippen LogP contribution in [0.2, 0.25) is 0 Å². The number of carboxylic acids is 2. The molecule has 1 amide bonds. The van der Waals surface area contributed by atoms with Gasteiger partial charge < -0.3 is 15.1 Å². The molecule has 0 aliphatic rings. The molecule has 0 unspecified atom stereocenters. The van der Waals surface area contributed by atoms with Crippen LogP contribution in [-0.4, -0.2) is 58.7 Å². The van der Waals surface area contributed by atoms with Crippen molar-refractivity contribution in [1.29, 1.82) is 0 Å². The zero-order valence-corrected chi connectivity index (χ0v) is 18.9. The fourth-order valence-electron chi connectivity index (χ4n) is 2.38. The molecule has 0 radical (unpaired) electrons. The molecule has 32 heavy (non-hydrogen) atoms. The number of hydrogen-bond donors (Lipinski definition) is 3. The van der Waals surface area contributed by atoms with Gasteiger partial charge in [0, 0.05) is 23.8 Å². The number of aliphatic carboxylic acids is 2. The summed E-state index contributed by atoms with van der Waals surface area (Å²) in [6, 6.07) is 14.2. The van der Waals surface area contributed by atoms with E-state index in [0.717, 1.165) is 5.69 Å². The molecule has 0 spiro atoms. The smallest absolute Gasteiger partial charge is 0.414 e. The molecule has 0 bridgehead atoms. The minimum atomic E-state index is -3.57. The first-order valence-corrected chi connectivity index (χ1v) is 11.2. The van der Waals surface area contributed by atoms with E-state index in [1.807, 2.05) is 39.0 Å². The van der Waals surface area contributed by atoms with Crippen LogP contribution in [0.15, 0.2) is 54.7 Å². The molecule has 1 aromatic carbocycles. The van der Waals surface area contributed by atoms with Gasteiger partial charge in [-0.1, -0.05) is 45.0 Å². The molecular formula is C21H27N3O7S. The largest absolute Gasteiger partial charge is 0.473 e. The molecular weight excluding hydrogens is 438 g/mol. The molecule has 0 saturated carbocycles. The molecule has 11 heteroatoms. The van der Waals surface area contributed by atoms with Crippen LogP contribution >= 0.6 is 0 Å². The highest BCUT2D eigenvalue weighted by Crippen LogP contribution is 2.19. The van der Waals surface area contributed by atoms with Gasteiger partial charge in [-0.25, -0.2) is 18.0 Å². The Hall–Kier alpha value is -3.47. The number of pyridine rings is 1. The SMILES string of the molecule is CC(C)(C)C(=O)N(CCS(=O)(=O)Nc1ccccc1)Cc1ccccn1.O=C(O)C(=O)O. The number of carboxylic acid groups (broad SMARTS) is 2. The van der Waals surface area contributed by atoms with Crippen molar-refractivity contribution in [3.8, 4) is 0 Å². The Labute approximate surface area is 187 Å². The molecule has 2 aromatic rings. The van der Waals surface area contributed by atoms with E-state index in [-0.39, 0.29) is 24.7 Å². The van der Waals surface area contributed by atoms with Crippen LogP contribution in [0.3, 0.4) is 0 Å². The van der Waals surface area contributed by atoms with Crippen molar-refractivity contribution >= 4 is 33.6 Å². The van der Waals surface area contributed by atoms with Gasteiger partial charge in [-0.05, 0) is 24.3 Å². The second-order valence-electron chi connectivity index (χ2n) is 7.70. The van der Waals surface area contributed by atoms with E-state index in [1.165, 1.54) is 0 Å². The number of amides is 1. The Morgan fingerprint density at radius 3 is 2.00 bits per heavy atom. The lowest BCUT2D eigenvalue weighted by Crippen LogP contribution is -2.42. The monoisotopic (exact) mass is 465 g/mol. The average Bonchev–Trinajstić information content (AvgIpc) is 2.71. The number of anilines is 1. The number of hydrogen-bond acceptors (Lipinski definition) is 6. The normalized spacial score (nSPS) is 11.0. The molecule has 1 aromatic heterocycles. The molecule has 10 nitrogen and oxygen atoms in total. The summed E-state index contributed by atoms with van der Waals surface area (Å²) in [6.45, 7) is 5.82. The van der Waals surface area contributed by atoms with E-state index in [2.05, 4.69) is 9.71 Å². The van der Waals surface area contributed by atoms with Crippen LogP contribution in [0, 0.1) is 5.41 Å². The second-order valence-corrected chi connectivity index (χ2v) is 9.54. The first-order chi connectivity index (χ1) is 14.8. The van der Waals surface area contributed by atoms with Gasteiger partial charge in [0.1, 0.15) is 0 Å². The molecule has 0 aliphatic carbocycles. The Balaban J connectivity index is 0.000000751. The fraction of sp³-hybridized carbons (Fsp3) is 0.333. The van der Waals surface area contributed by atoms with E-state index in [0.29, 0.717) is 5.69 Å². The van der Waals surface area contributed by atoms with Crippen LogP contribution in [0.5, 0.6) is 0 Å². The van der Waals surface area contributed by atoms with Gasteiger partial charge in [0.05, 0.1) is 18.0 Å². The maximum absolute atomic E-state index is 12.7. The number of rotatable bonds is 7. The van der Waals surface area contributed by atoms with Gasteiger partial charge in [0.2, 0.25) is 15.9 Å². The van der Waals surface area contributed by atoms with Gasteiger partial charge in [-0.2, -0.15) is 0 Å². The predicted molar refractivity (Wildman–Crippen MR) is 118 cm³/mol. The maximum Gasteiger partial charge on any atom is 0.414 e. The predicted octanol–water partition coefficient (Wildman–Crippen LogP) is 2.05. The van der Waals surface area contributed by atoms with Crippen molar-refractivity contribution in [1.82, 2.24) is 9.88 Å². The van der Waals surface area contributed by atoms with E-state index in [4.69, 9.17) is 19.8 Å². The highest BCUT2D eigenvalue weighted by atomic mass is 32.2. The third kappa shape index (κ3) is 10.0. The van der Waals surface area contributed by atoms with Crippen molar-refractivity contribution in [3.63, 3.8) is 0 Å². The van der Waals surface area contributed by atoms with Crippen LogP contribution in [0.1, 0.15) is 26.5 Å². The summed E-state index contributed by atoms with van der Waals surface area (Å²) in [7, 11) is -3.57. The average molecular weight is 466 g/mol. The Morgan fingerprint density at radius 2 is 1.53 bits per heavy atom. The summed E-state index contributed by atoms with van der Waals surface area (Å²) in [5, 5.41) is 14.8. The van der Waals surface area contributed by atoms with Crippen LogP contribution in [0.25, 0.3) is 0 Å². The minimum absolute atomic E-state index is 0.0921. The molecule has 2 rings (SSSR count). The summed E-state index contributed by atoms with van der Waals surface area (Å²) < 4.78 is 27.3. The Morgan fingerprint density at radius 1 is 0.969 bits per heavy atom. The molecule has 0 aliphatic heterocycles. The maximum atomic E-state index is 12.7. The van der Waals surface area contributed by atoms with Crippen LogP contribution in [0.4, 0.5) is 5.69 Å². The zero-order chi connectivity index (χ0) is 24.4. The Kier molecular flexibility index (Phi) is 9.79. The van der Waals surface area contributed by atoms with Crippen molar-refractivity contribution in [3.05, 3.63) is 60.4 Å².